The van der Waals surface area contributed by atoms with Crippen LogP contribution in [0.1, 0.15) is 24.6 Å². The Morgan fingerprint density at radius 1 is 1.65 bits per heavy atom. The highest BCUT2D eigenvalue weighted by Gasteiger charge is 2.19. The number of hydrogen-bond donors (Lipinski definition) is 0. The molecule has 0 aliphatic heterocycles. The van der Waals surface area contributed by atoms with Gasteiger partial charge in [-0.2, -0.15) is 0 Å². The van der Waals surface area contributed by atoms with Crippen LogP contribution in [0.5, 0.6) is 0 Å². The molecule has 0 atom stereocenters. The molecule has 0 aromatic carbocycles. The first kappa shape index (κ1) is 14.6. The van der Waals surface area contributed by atoms with Crippen molar-refractivity contribution in [2.24, 2.45) is 0 Å². The second kappa shape index (κ2) is 6.44. The van der Waals surface area contributed by atoms with Crippen LogP contribution in [0.3, 0.4) is 0 Å². The fourth-order valence-electron chi connectivity index (χ4n) is 1.19. The Morgan fingerprint density at radius 2 is 2.29 bits per heavy atom. The summed E-state index contributed by atoms with van der Waals surface area (Å²) in [4.78, 5) is 15.1. The summed E-state index contributed by atoms with van der Waals surface area (Å²) in [6, 6.07) is 1.10. The number of rotatable bonds is 4. The van der Waals surface area contributed by atoms with Crippen LogP contribution >= 0.6 is 34.2 Å². The predicted molar refractivity (Wildman–Crippen MR) is 67.3 cm³/mol. The number of ether oxygens (including phenoxy) is 1. The minimum Gasteiger partial charge on any atom is -0.466 e. The topological polar surface area (TPSA) is 39.2 Å². The van der Waals surface area contributed by atoms with Crippen LogP contribution in [0.25, 0.3) is 0 Å². The Morgan fingerprint density at radius 3 is 2.82 bits per heavy atom. The molecule has 1 aromatic heterocycles. The molecule has 0 aliphatic rings. The molecule has 1 heterocycles. The van der Waals surface area contributed by atoms with Crippen LogP contribution in [0, 0.1) is 3.57 Å². The molecule has 94 valence electrons. The van der Waals surface area contributed by atoms with Gasteiger partial charge in [0.15, 0.2) is 0 Å². The number of carbonyl (C=O) groups excluding carboxylic acids is 1. The van der Waals surface area contributed by atoms with E-state index < -0.39 is 12.4 Å². The Hall–Kier alpha value is -0.500. The van der Waals surface area contributed by atoms with E-state index in [0.717, 1.165) is 6.07 Å². The molecule has 0 fully saturated rings. The van der Waals surface area contributed by atoms with E-state index in [9.17, 15) is 13.6 Å². The molecule has 0 spiro atoms. The molecule has 0 saturated carbocycles. The molecule has 1 aromatic rings. The van der Waals surface area contributed by atoms with E-state index in [1.165, 1.54) is 0 Å². The summed E-state index contributed by atoms with van der Waals surface area (Å²) in [5, 5.41) is -0.0555. The highest BCUT2D eigenvalue weighted by Crippen LogP contribution is 2.28. The van der Waals surface area contributed by atoms with Crippen LogP contribution in [0.4, 0.5) is 8.78 Å². The molecule has 0 aliphatic carbocycles. The summed E-state index contributed by atoms with van der Waals surface area (Å²) in [6.45, 7) is 1.90. The van der Waals surface area contributed by atoms with Crippen molar-refractivity contribution in [2.45, 2.75) is 19.8 Å². The largest absolute Gasteiger partial charge is 0.466 e. The van der Waals surface area contributed by atoms with Crippen molar-refractivity contribution in [2.75, 3.05) is 6.61 Å². The zero-order valence-corrected chi connectivity index (χ0v) is 11.8. The molecule has 0 N–H and O–H groups in total. The molecule has 0 bridgehead atoms. The van der Waals surface area contributed by atoms with Crippen molar-refractivity contribution in [1.82, 2.24) is 4.98 Å². The fourth-order valence-corrected chi connectivity index (χ4v) is 2.12. The highest BCUT2D eigenvalue weighted by molar-refractivity contribution is 14.1. The monoisotopic (exact) mass is 375 g/mol. The van der Waals surface area contributed by atoms with Crippen molar-refractivity contribution < 1.29 is 18.3 Å². The number of nitrogens with zero attached hydrogens (tertiary/aromatic N) is 1. The highest BCUT2D eigenvalue weighted by atomic mass is 127. The molecule has 17 heavy (non-hydrogen) atoms. The van der Waals surface area contributed by atoms with Gasteiger partial charge in [-0.1, -0.05) is 11.6 Å². The third-order valence-corrected chi connectivity index (χ3v) is 3.31. The number of pyridine rings is 1. The van der Waals surface area contributed by atoms with Gasteiger partial charge < -0.3 is 4.74 Å². The Kier molecular flexibility index (Phi) is 5.51. The standard InChI is InChI=1S/C10H9ClF2INO2/c1-2-17-8(16)4-6-9(14)5(10(12)13)3-7(11)15-6/h3,10H,2,4H2,1H3. The minimum absolute atomic E-state index is 0.0555. The second-order valence-corrected chi connectivity index (χ2v) is 4.54. The smallest absolute Gasteiger partial charge is 0.311 e. The summed E-state index contributed by atoms with van der Waals surface area (Å²) >= 11 is 7.35. The first-order valence-corrected chi connectivity index (χ1v) is 6.20. The quantitative estimate of drug-likeness (QED) is 0.460. The van der Waals surface area contributed by atoms with Gasteiger partial charge in [0.25, 0.3) is 6.43 Å². The van der Waals surface area contributed by atoms with Crippen LogP contribution < -0.4 is 0 Å². The molecule has 1 rings (SSSR count). The van der Waals surface area contributed by atoms with Crippen LogP contribution in [0.2, 0.25) is 5.15 Å². The number of esters is 1. The maximum absolute atomic E-state index is 12.7. The molecular weight excluding hydrogens is 366 g/mol. The van der Waals surface area contributed by atoms with E-state index in [4.69, 9.17) is 16.3 Å². The van der Waals surface area contributed by atoms with E-state index in [0.29, 0.717) is 0 Å². The van der Waals surface area contributed by atoms with E-state index in [1.54, 1.807) is 29.5 Å². The van der Waals surface area contributed by atoms with Gasteiger partial charge in [-0.05, 0) is 35.6 Å². The Bertz CT molecular complexity index is 429. The minimum atomic E-state index is -2.65. The van der Waals surface area contributed by atoms with Gasteiger partial charge in [-0.15, -0.1) is 0 Å². The molecular formula is C10H9ClF2INO2. The zero-order chi connectivity index (χ0) is 13.0. The summed E-state index contributed by atoms with van der Waals surface area (Å²) in [5.74, 6) is -0.514. The lowest BCUT2D eigenvalue weighted by Gasteiger charge is -2.09. The average Bonchev–Trinajstić information content (AvgIpc) is 2.22. The van der Waals surface area contributed by atoms with Crippen LogP contribution in [-0.4, -0.2) is 17.6 Å². The van der Waals surface area contributed by atoms with Crippen molar-refractivity contribution in [3.8, 4) is 0 Å². The first-order valence-electron chi connectivity index (χ1n) is 4.74. The zero-order valence-electron chi connectivity index (χ0n) is 8.84. The SMILES string of the molecule is CCOC(=O)Cc1nc(Cl)cc(C(F)F)c1I. The van der Waals surface area contributed by atoms with Crippen LogP contribution in [0.15, 0.2) is 6.07 Å². The molecule has 0 unspecified atom stereocenters. The number of hydrogen-bond acceptors (Lipinski definition) is 3. The molecule has 0 radical (unpaired) electrons. The third-order valence-electron chi connectivity index (χ3n) is 1.88. The Labute approximate surface area is 116 Å². The second-order valence-electron chi connectivity index (χ2n) is 3.08. The van der Waals surface area contributed by atoms with Gasteiger partial charge in [0.1, 0.15) is 5.15 Å². The van der Waals surface area contributed by atoms with E-state index in [-0.39, 0.29) is 33.0 Å². The molecule has 3 nitrogen and oxygen atoms in total. The lowest BCUT2D eigenvalue weighted by atomic mass is 10.2. The van der Waals surface area contributed by atoms with Gasteiger partial charge in [0.05, 0.1) is 18.7 Å². The number of carbonyl (C=O) groups is 1. The third kappa shape index (κ3) is 4.02. The van der Waals surface area contributed by atoms with Gasteiger partial charge in [-0.3, -0.25) is 4.79 Å². The van der Waals surface area contributed by atoms with Gasteiger partial charge in [0.2, 0.25) is 0 Å². The molecule has 7 heteroatoms. The van der Waals surface area contributed by atoms with Gasteiger partial charge in [0, 0.05) is 9.13 Å². The summed E-state index contributed by atoms with van der Waals surface area (Å²) in [5.41, 5.74) is -0.00301. The van der Waals surface area contributed by atoms with Crippen molar-refractivity contribution in [3.63, 3.8) is 0 Å². The molecule has 0 saturated heterocycles. The van der Waals surface area contributed by atoms with E-state index >= 15 is 0 Å². The van der Waals surface area contributed by atoms with Gasteiger partial charge in [-0.25, -0.2) is 13.8 Å². The Balaban J connectivity index is 3.03. The average molecular weight is 376 g/mol. The lowest BCUT2D eigenvalue weighted by molar-refractivity contribution is -0.142. The fraction of sp³-hybridized carbons (Fsp3) is 0.400. The predicted octanol–water partition coefficient (Wildman–Crippen LogP) is 3.38. The first-order chi connectivity index (χ1) is 7.95. The summed E-state index contributed by atoms with van der Waals surface area (Å²) in [6.07, 6.45) is -2.81. The maximum atomic E-state index is 12.7. The van der Waals surface area contributed by atoms with E-state index in [1.807, 2.05) is 0 Å². The lowest BCUT2D eigenvalue weighted by Crippen LogP contribution is -2.11. The van der Waals surface area contributed by atoms with E-state index in [2.05, 4.69) is 4.98 Å². The number of alkyl halides is 2. The number of aromatic nitrogens is 1. The summed E-state index contributed by atoms with van der Waals surface area (Å²) in [7, 11) is 0. The number of halogens is 4. The van der Waals surface area contributed by atoms with Gasteiger partial charge >= 0.3 is 5.97 Å². The van der Waals surface area contributed by atoms with Crippen molar-refractivity contribution in [1.29, 1.82) is 0 Å². The normalized spacial score (nSPS) is 10.7. The maximum Gasteiger partial charge on any atom is 0.311 e. The van der Waals surface area contributed by atoms with Crippen LogP contribution in [-0.2, 0) is 16.0 Å². The van der Waals surface area contributed by atoms with Crippen molar-refractivity contribution in [3.05, 3.63) is 26.0 Å². The summed E-state index contributed by atoms with van der Waals surface area (Å²) < 4.78 is 30.3. The molecule has 0 amide bonds. The van der Waals surface area contributed by atoms with Crippen molar-refractivity contribution >= 4 is 40.2 Å².